The zero-order chi connectivity index (χ0) is 11.5. The maximum Gasteiger partial charge on any atom is 0.138 e. The van der Waals surface area contributed by atoms with Crippen molar-refractivity contribution >= 4 is 34.0 Å². The van der Waals surface area contributed by atoms with E-state index in [0.717, 1.165) is 18.8 Å². The number of nitrogens with zero attached hydrogens (tertiary/aromatic N) is 1. The van der Waals surface area contributed by atoms with E-state index >= 15 is 0 Å². The molecule has 1 aliphatic heterocycles. The van der Waals surface area contributed by atoms with Crippen LogP contribution in [0.3, 0.4) is 0 Å². The van der Waals surface area contributed by atoms with Gasteiger partial charge in [-0.1, -0.05) is 12.8 Å². The summed E-state index contributed by atoms with van der Waals surface area (Å²) in [6.45, 7) is 1.98. The first-order chi connectivity index (χ1) is 7.68. The first-order valence-corrected chi connectivity index (χ1v) is 6.76. The van der Waals surface area contributed by atoms with Gasteiger partial charge in [0.2, 0.25) is 0 Å². The summed E-state index contributed by atoms with van der Waals surface area (Å²) in [5.74, 6) is -0.172. The van der Waals surface area contributed by atoms with Crippen molar-refractivity contribution in [1.82, 2.24) is 0 Å². The van der Waals surface area contributed by atoms with E-state index in [1.807, 2.05) is 22.6 Å². The molecule has 1 fully saturated rings. The van der Waals surface area contributed by atoms with Crippen molar-refractivity contribution in [2.75, 3.05) is 23.7 Å². The molecule has 1 aromatic carbocycles. The van der Waals surface area contributed by atoms with E-state index in [4.69, 9.17) is 5.73 Å². The Morgan fingerprint density at radius 1 is 1.12 bits per heavy atom. The third-order valence-electron chi connectivity index (χ3n) is 3.02. The Labute approximate surface area is 109 Å². The molecule has 0 amide bonds. The number of nitrogens with two attached hydrogens (primary N) is 1. The average Bonchev–Trinajstić information content (AvgIpc) is 2.52. The molecule has 2 N–H and O–H groups in total. The molecule has 0 saturated carbocycles. The first kappa shape index (κ1) is 12.0. The lowest BCUT2D eigenvalue weighted by atomic mass is 10.2. The maximum atomic E-state index is 13.5. The van der Waals surface area contributed by atoms with Gasteiger partial charge in [-0.15, -0.1) is 0 Å². The molecule has 0 aromatic heterocycles. The van der Waals surface area contributed by atoms with Gasteiger partial charge >= 0.3 is 0 Å². The molecule has 1 aliphatic rings. The summed E-state index contributed by atoms with van der Waals surface area (Å²) < 4.78 is 14.1. The monoisotopic (exact) mass is 334 g/mol. The predicted molar refractivity (Wildman–Crippen MR) is 74.2 cm³/mol. The number of anilines is 2. The van der Waals surface area contributed by atoms with Crippen LogP contribution in [0.15, 0.2) is 12.1 Å². The minimum absolute atomic E-state index is 0.172. The zero-order valence-electron chi connectivity index (χ0n) is 9.18. The molecule has 0 bridgehead atoms. The summed E-state index contributed by atoms with van der Waals surface area (Å²) in [6, 6.07) is 3.29. The molecule has 2 nitrogen and oxygen atoms in total. The molecule has 1 heterocycles. The van der Waals surface area contributed by atoms with Gasteiger partial charge in [-0.25, -0.2) is 4.39 Å². The van der Waals surface area contributed by atoms with Crippen LogP contribution in [0.2, 0.25) is 0 Å². The molecule has 0 radical (unpaired) electrons. The highest BCUT2D eigenvalue weighted by atomic mass is 127. The van der Waals surface area contributed by atoms with Gasteiger partial charge < -0.3 is 10.6 Å². The molecule has 1 saturated heterocycles. The SMILES string of the molecule is Nc1cc(I)c(F)cc1N1CCCCCC1. The quantitative estimate of drug-likeness (QED) is 0.630. The summed E-state index contributed by atoms with van der Waals surface area (Å²) in [5.41, 5.74) is 7.51. The second-order valence-electron chi connectivity index (χ2n) is 4.23. The Bertz CT molecular complexity index is 374. The van der Waals surface area contributed by atoms with Gasteiger partial charge in [0, 0.05) is 19.2 Å². The third-order valence-corrected chi connectivity index (χ3v) is 3.84. The van der Waals surface area contributed by atoms with E-state index in [-0.39, 0.29) is 5.82 Å². The minimum atomic E-state index is -0.172. The van der Waals surface area contributed by atoms with Crippen LogP contribution in [-0.4, -0.2) is 13.1 Å². The molecule has 0 atom stereocenters. The Morgan fingerprint density at radius 3 is 2.38 bits per heavy atom. The highest BCUT2D eigenvalue weighted by molar-refractivity contribution is 14.1. The van der Waals surface area contributed by atoms with Crippen LogP contribution in [-0.2, 0) is 0 Å². The highest BCUT2D eigenvalue weighted by Crippen LogP contribution is 2.29. The second-order valence-corrected chi connectivity index (χ2v) is 5.39. The van der Waals surface area contributed by atoms with Crippen LogP contribution in [0, 0.1) is 9.39 Å². The van der Waals surface area contributed by atoms with E-state index in [0.29, 0.717) is 9.26 Å². The van der Waals surface area contributed by atoms with Crippen molar-refractivity contribution < 1.29 is 4.39 Å². The summed E-state index contributed by atoms with van der Waals surface area (Å²) in [7, 11) is 0. The predicted octanol–water partition coefficient (Wildman–Crippen LogP) is 3.39. The molecule has 0 spiro atoms. The average molecular weight is 334 g/mol. The van der Waals surface area contributed by atoms with Gasteiger partial charge in [-0.05, 0) is 41.5 Å². The minimum Gasteiger partial charge on any atom is -0.397 e. The molecule has 88 valence electrons. The molecule has 1 aromatic rings. The molecular formula is C12H16FIN2. The number of halogens is 2. The topological polar surface area (TPSA) is 29.3 Å². The van der Waals surface area contributed by atoms with Crippen molar-refractivity contribution in [1.29, 1.82) is 0 Å². The number of nitrogen functional groups attached to an aromatic ring is 1. The normalized spacial score (nSPS) is 17.2. The van der Waals surface area contributed by atoms with Gasteiger partial charge in [-0.3, -0.25) is 0 Å². The zero-order valence-corrected chi connectivity index (χ0v) is 11.3. The van der Waals surface area contributed by atoms with Gasteiger partial charge in [0.05, 0.1) is 14.9 Å². The molecule has 2 rings (SSSR count). The van der Waals surface area contributed by atoms with Crippen molar-refractivity contribution in [2.45, 2.75) is 25.7 Å². The third kappa shape index (κ3) is 2.59. The Balaban J connectivity index is 2.27. The molecule has 0 aliphatic carbocycles. The Hall–Kier alpha value is -0.520. The van der Waals surface area contributed by atoms with Crippen molar-refractivity contribution in [3.8, 4) is 0 Å². The second kappa shape index (κ2) is 5.21. The van der Waals surface area contributed by atoms with Gasteiger partial charge in [0.25, 0.3) is 0 Å². The number of rotatable bonds is 1. The summed E-state index contributed by atoms with van der Waals surface area (Å²) in [5, 5.41) is 0. The number of hydrogen-bond acceptors (Lipinski definition) is 2. The summed E-state index contributed by atoms with van der Waals surface area (Å²) in [6.07, 6.45) is 4.88. The summed E-state index contributed by atoms with van der Waals surface area (Å²) in [4.78, 5) is 2.21. The van der Waals surface area contributed by atoms with Crippen molar-refractivity contribution in [2.24, 2.45) is 0 Å². The van der Waals surface area contributed by atoms with Crippen LogP contribution in [0.1, 0.15) is 25.7 Å². The Morgan fingerprint density at radius 2 is 1.75 bits per heavy atom. The van der Waals surface area contributed by atoms with Crippen LogP contribution < -0.4 is 10.6 Å². The number of benzene rings is 1. The maximum absolute atomic E-state index is 13.5. The highest BCUT2D eigenvalue weighted by Gasteiger charge is 2.14. The van der Waals surface area contributed by atoms with Crippen LogP contribution in [0.25, 0.3) is 0 Å². The Kier molecular flexibility index (Phi) is 3.89. The fourth-order valence-electron chi connectivity index (χ4n) is 2.14. The van der Waals surface area contributed by atoms with Gasteiger partial charge in [-0.2, -0.15) is 0 Å². The van der Waals surface area contributed by atoms with Crippen molar-refractivity contribution in [3.05, 3.63) is 21.5 Å². The van der Waals surface area contributed by atoms with E-state index < -0.39 is 0 Å². The van der Waals surface area contributed by atoms with Gasteiger partial charge in [0.1, 0.15) is 5.82 Å². The lowest BCUT2D eigenvalue weighted by Gasteiger charge is -2.24. The summed E-state index contributed by atoms with van der Waals surface area (Å²) >= 11 is 1.97. The van der Waals surface area contributed by atoms with Crippen LogP contribution >= 0.6 is 22.6 Å². The largest absolute Gasteiger partial charge is 0.397 e. The standard InChI is InChI=1S/C12H16FIN2/c13-9-7-12(11(15)8-10(9)14)16-5-3-1-2-4-6-16/h7-8H,1-6,15H2. The fourth-order valence-corrected chi connectivity index (χ4v) is 2.63. The van der Waals surface area contributed by atoms with E-state index in [1.165, 1.54) is 25.7 Å². The first-order valence-electron chi connectivity index (χ1n) is 5.68. The molecule has 4 heteroatoms. The smallest absolute Gasteiger partial charge is 0.138 e. The molecular weight excluding hydrogens is 318 g/mol. The molecule has 0 unspecified atom stereocenters. The van der Waals surface area contributed by atoms with Crippen molar-refractivity contribution in [3.63, 3.8) is 0 Å². The molecule has 16 heavy (non-hydrogen) atoms. The van der Waals surface area contributed by atoms with E-state index in [1.54, 1.807) is 12.1 Å². The van der Waals surface area contributed by atoms with Crippen LogP contribution in [0.4, 0.5) is 15.8 Å². The van der Waals surface area contributed by atoms with Crippen LogP contribution in [0.5, 0.6) is 0 Å². The van der Waals surface area contributed by atoms with E-state index in [2.05, 4.69) is 4.90 Å². The van der Waals surface area contributed by atoms with Gasteiger partial charge in [0.15, 0.2) is 0 Å². The number of hydrogen-bond donors (Lipinski definition) is 1. The van der Waals surface area contributed by atoms with E-state index in [9.17, 15) is 4.39 Å². The fraction of sp³-hybridized carbons (Fsp3) is 0.500. The lowest BCUT2D eigenvalue weighted by molar-refractivity contribution is 0.619. The lowest BCUT2D eigenvalue weighted by Crippen LogP contribution is -2.25.